The zero-order valence-corrected chi connectivity index (χ0v) is 21.3. The number of carbonyl (C=O) groups is 3. The predicted octanol–water partition coefficient (Wildman–Crippen LogP) is 7.91. The van der Waals surface area contributed by atoms with Crippen LogP contribution in [0, 0.1) is 11.6 Å². The molecule has 0 aliphatic rings. The van der Waals surface area contributed by atoms with Gasteiger partial charge in [0.1, 0.15) is 22.9 Å². The standard InChI is InChI=1S/C27H15Cl3F2N2O4/c28-16-8-4-14(5-9-16)24(35)15-6-10-18(11-7-15)38-25-19(29)12-17(13-20(25)30)33-27(37)34-26(36)23-21(31)2-1-3-22(23)32/h1-13H,(H2,33,34,36,37). The second kappa shape index (κ2) is 11.6. The number of nitrogens with one attached hydrogen (secondary N) is 2. The maximum atomic E-state index is 13.8. The van der Waals surface area contributed by atoms with E-state index < -0.39 is 29.1 Å². The number of imide groups is 1. The lowest BCUT2D eigenvalue weighted by Gasteiger charge is -2.13. The summed E-state index contributed by atoms with van der Waals surface area (Å²) in [5.41, 5.74) is 0.0770. The molecule has 4 aromatic rings. The van der Waals surface area contributed by atoms with Crippen LogP contribution in [0.3, 0.4) is 0 Å². The molecule has 0 spiro atoms. The number of hydrogen-bond acceptors (Lipinski definition) is 4. The molecule has 0 aromatic heterocycles. The summed E-state index contributed by atoms with van der Waals surface area (Å²) >= 11 is 18.4. The Labute approximate surface area is 230 Å². The van der Waals surface area contributed by atoms with Crippen LogP contribution in [0.15, 0.2) is 78.9 Å². The number of carbonyl (C=O) groups excluding carboxylic acids is 3. The van der Waals surface area contributed by atoms with Gasteiger partial charge in [-0.05, 0) is 72.8 Å². The summed E-state index contributed by atoms with van der Waals surface area (Å²) in [7, 11) is 0. The second-order valence-corrected chi connectivity index (χ2v) is 8.99. The second-order valence-electron chi connectivity index (χ2n) is 7.74. The van der Waals surface area contributed by atoms with Gasteiger partial charge in [0.2, 0.25) is 0 Å². The molecule has 0 saturated heterocycles. The molecule has 192 valence electrons. The molecular weight excluding hydrogens is 561 g/mol. The summed E-state index contributed by atoms with van der Waals surface area (Å²) in [5, 5.41) is 4.68. The van der Waals surface area contributed by atoms with Gasteiger partial charge in [-0.2, -0.15) is 0 Å². The Kier molecular flexibility index (Phi) is 8.26. The lowest BCUT2D eigenvalue weighted by Crippen LogP contribution is -2.35. The van der Waals surface area contributed by atoms with Crippen molar-refractivity contribution in [3.05, 3.63) is 122 Å². The molecular formula is C27H15Cl3F2N2O4. The number of urea groups is 1. The Morgan fingerprint density at radius 2 is 1.26 bits per heavy atom. The zero-order chi connectivity index (χ0) is 27.4. The van der Waals surface area contributed by atoms with Crippen LogP contribution in [-0.2, 0) is 0 Å². The molecule has 11 heteroatoms. The molecule has 0 bridgehead atoms. The van der Waals surface area contributed by atoms with Gasteiger partial charge in [0.05, 0.1) is 10.0 Å². The predicted molar refractivity (Wildman–Crippen MR) is 141 cm³/mol. The van der Waals surface area contributed by atoms with Crippen LogP contribution in [0.5, 0.6) is 11.5 Å². The molecule has 2 N–H and O–H groups in total. The third kappa shape index (κ3) is 6.28. The Hall–Kier alpha value is -3.98. The fourth-order valence-electron chi connectivity index (χ4n) is 3.33. The largest absolute Gasteiger partial charge is 0.454 e. The molecule has 3 amide bonds. The minimum absolute atomic E-state index is 0.0144. The number of benzene rings is 4. The van der Waals surface area contributed by atoms with E-state index in [4.69, 9.17) is 39.5 Å². The van der Waals surface area contributed by atoms with Gasteiger partial charge in [-0.3, -0.25) is 14.9 Å². The highest BCUT2D eigenvalue weighted by molar-refractivity contribution is 6.37. The van der Waals surface area contributed by atoms with Crippen molar-refractivity contribution in [2.24, 2.45) is 0 Å². The summed E-state index contributed by atoms with van der Waals surface area (Å²) in [6.07, 6.45) is 0. The van der Waals surface area contributed by atoms with E-state index in [9.17, 15) is 23.2 Å². The van der Waals surface area contributed by atoms with Gasteiger partial charge >= 0.3 is 6.03 Å². The molecule has 0 aliphatic carbocycles. The molecule has 38 heavy (non-hydrogen) atoms. The quantitative estimate of drug-likeness (QED) is 0.229. The number of ether oxygens (including phenoxy) is 1. The number of halogens is 5. The zero-order valence-electron chi connectivity index (χ0n) is 19.0. The van der Waals surface area contributed by atoms with Crippen LogP contribution in [0.2, 0.25) is 15.1 Å². The van der Waals surface area contributed by atoms with Crippen molar-refractivity contribution in [3.63, 3.8) is 0 Å². The topological polar surface area (TPSA) is 84.5 Å². The van der Waals surface area contributed by atoms with E-state index in [1.807, 2.05) is 5.32 Å². The molecule has 4 rings (SSSR count). The van der Waals surface area contributed by atoms with Crippen LogP contribution < -0.4 is 15.4 Å². The van der Waals surface area contributed by atoms with Crippen molar-refractivity contribution in [3.8, 4) is 11.5 Å². The molecule has 0 aliphatic heterocycles. The first-order chi connectivity index (χ1) is 18.1. The molecule has 0 atom stereocenters. The van der Waals surface area contributed by atoms with Gasteiger partial charge < -0.3 is 10.1 Å². The lowest BCUT2D eigenvalue weighted by molar-refractivity contribution is 0.0958. The summed E-state index contributed by atoms with van der Waals surface area (Å²) in [6.45, 7) is 0. The Morgan fingerprint density at radius 3 is 1.82 bits per heavy atom. The fourth-order valence-corrected chi connectivity index (χ4v) is 4.02. The average molecular weight is 576 g/mol. The number of rotatable bonds is 6. The van der Waals surface area contributed by atoms with Gasteiger partial charge in [-0.25, -0.2) is 13.6 Å². The SMILES string of the molecule is O=C(NC(=O)c1c(F)cccc1F)Nc1cc(Cl)c(Oc2ccc(C(=O)c3ccc(Cl)cc3)cc2)c(Cl)c1. The average Bonchev–Trinajstić information content (AvgIpc) is 2.86. The fraction of sp³-hybridized carbons (Fsp3) is 0. The van der Waals surface area contributed by atoms with Crippen molar-refractivity contribution in [1.82, 2.24) is 5.32 Å². The van der Waals surface area contributed by atoms with Gasteiger partial charge in [-0.1, -0.05) is 40.9 Å². The third-order valence-corrected chi connectivity index (χ3v) is 5.93. The monoisotopic (exact) mass is 574 g/mol. The van der Waals surface area contributed by atoms with Crippen molar-refractivity contribution in [2.75, 3.05) is 5.32 Å². The highest BCUT2D eigenvalue weighted by atomic mass is 35.5. The molecule has 0 radical (unpaired) electrons. The van der Waals surface area contributed by atoms with Gasteiger partial charge in [0.25, 0.3) is 5.91 Å². The van der Waals surface area contributed by atoms with E-state index in [0.29, 0.717) is 21.9 Å². The van der Waals surface area contributed by atoms with E-state index in [1.165, 1.54) is 12.1 Å². The highest BCUT2D eigenvalue weighted by Gasteiger charge is 2.20. The van der Waals surface area contributed by atoms with E-state index in [0.717, 1.165) is 18.2 Å². The smallest absolute Gasteiger partial charge is 0.326 e. The molecule has 0 unspecified atom stereocenters. The first-order valence-electron chi connectivity index (χ1n) is 10.8. The van der Waals surface area contributed by atoms with Crippen molar-refractivity contribution >= 4 is 58.2 Å². The van der Waals surface area contributed by atoms with Crippen LogP contribution >= 0.6 is 34.8 Å². The Bertz CT molecular complexity index is 1500. The summed E-state index contributed by atoms with van der Waals surface area (Å²) in [4.78, 5) is 36.9. The molecule has 4 aromatic carbocycles. The van der Waals surface area contributed by atoms with Crippen molar-refractivity contribution < 1.29 is 27.9 Å². The summed E-state index contributed by atoms with van der Waals surface area (Å²) < 4.78 is 33.3. The van der Waals surface area contributed by atoms with Crippen molar-refractivity contribution in [2.45, 2.75) is 0 Å². The Morgan fingerprint density at radius 1 is 0.737 bits per heavy atom. The van der Waals surface area contributed by atoms with Crippen molar-refractivity contribution in [1.29, 1.82) is 0 Å². The normalized spacial score (nSPS) is 10.6. The Balaban J connectivity index is 1.42. The van der Waals surface area contributed by atoms with Crippen LogP contribution in [0.25, 0.3) is 0 Å². The molecule has 0 heterocycles. The minimum atomic E-state index is -1.27. The van der Waals surface area contributed by atoms with Crippen LogP contribution in [0.1, 0.15) is 26.3 Å². The van der Waals surface area contributed by atoms with E-state index in [-0.39, 0.29) is 27.3 Å². The lowest BCUT2D eigenvalue weighted by atomic mass is 10.0. The minimum Gasteiger partial charge on any atom is -0.454 e. The number of amides is 3. The summed E-state index contributed by atoms with van der Waals surface area (Å²) in [6, 6.07) is 17.2. The van der Waals surface area contributed by atoms with Crippen LogP contribution in [-0.4, -0.2) is 17.7 Å². The highest BCUT2D eigenvalue weighted by Crippen LogP contribution is 2.39. The first-order valence-corrected chi connectivity index (χ1v) is 11.9. The molecule has 0 fully saturated rings. The van der Waals surface area contributed by atoms with Crippen LogP contribution in [0.4, 0.5) is 19.3 Å². The maximum Gasteiger partial charge on any atom is 0.326 e. The molecule has 6 nitrogen and oxygen atoms in total. The van der Waals surface area contributed by atoms with Gasteiger partial charge in [-0.15, -0.1) is 0 Å². The third-order valence-electron chi connectivity index (χ3n) is 5.12. The summed E-state index contributed by atoms with van der Waals surface area (Å²) in [5.74, 6) is -3.31. The molecule has 0 saturated carbocycles. The van der Waals surface area contributed by atoms with Gasteiger partial charge in [0, 0.05) is 21.8 Å². The number of ketones is 1. The maximum absolute atomic E-state index is 13.8. The first kappa shape index (κ1) is 27.1. The van der Waals surface area contributed by atoms with Gasteiger partial charge in [0.15, 0.2) is 11.5 Å². The van der Waals surface area contributed by atoms with E-state index >= 15 is 0 Å². The number of anilines is 1. The van der Waals surface area contributed by atoms with E-state index in [1.54, 1.807) is 48.5 Å². The number of hydrogen-bond donors (Lipinski definition) is 2. The van der Waals surface area contributed by atoms with E-state index in [2.05, 4.69) is 5.32 Å².